The second-order valence-electron chi connectivity index (χ2n) is 10.6. The average molecular weight is 509 g/mol. The van der Waals surface area contributed by atoms with Crippen LogP contribution in [0.3, 0.4) is 0 Å². The van der Waals surface area contributed by atoms with Crippen molar-refractivity contribution in [1.29, 1.82) is 0 Å². The molecule has 0 amide bonds. The van der Waals surface area contributed by atoms with E-state index in [-0.39, 0.29) is 5.95 Å². The first-order valence-electron chi connectivity index (χ1n) is 13.5. The summed E-state index contributed by atoms with van der Waals surface area (Å²) in [6.07, 6.45) is 7.56. The Kier molecular flexibility index (Phi) is 5.69. The number of aromatic nitrogens is 6. The Morgan fingerprint density at radius 1 is 0.974 bits per heavy atom. The lowest BCUT2D eigenvalue weighted by molar-refractivity contribution is 0.219. The van der Waals surface area contributed by atoms with Crippen molar-refractivity contribution in [3.8, 4) is 17.1 Å². The Bertz CT molecular complexity index is 1460. The third-order valence-electron chi connectivity index (χ3n) is 7.89. The van der Waals surface area contributed by atoms with Gasteiger partial charge in [-0.1, -0.05) is 24.3 Å². The number of piperazine rings is 1. The third-order valence-corrected chi connectivity index (χ3v) is 7.89. The lowest BCUT2D eigenvalue weighted by Gasteiger charge is -2.40. The van der Waals surface area contributed by atoms with Gasteiger partial charge >= 0.3 is 0 Å². The molecule has 1 saturated heterocycles. The maximum absolute atomic E-state index is 6.24. The highest BCUT2D eigenvalue weighted by molar-refractivity contribution is 5.68. The number of nitrogens with zero attached hydrogens (tertiary/aromatic N) is 8. The van der Waals surface area contributed by atoms with Crippen LogP contribution in [0, 0.1) is 0 Å². The fraction of sp³-hybridized carbons (Fsp3) is 0.393. The topological polar surface area (TPSA) is 114 Å². The van der Waals surface area contributed by atoms with Crippen molar-refractivity contribution in [2.75, 3.05) is 35.6 Å². The van der Waals surface area contributed by atoms with E-state index in [0.29, 0.717) is 17.8 Å². The zero-order valence-corrected chi connectivity index (χ0v) is 21.6. The Morgan fingerprint density at radius 3 is 2.66 bits per heavy atom. The summed E-state index contributed by atoms with van der Waals surface area (Å²) in [5.41, 5.74) is 11.6. The molecule has 7 rings (SSSR count). The van der Waals surface area contributed by atoms with Gasteiger partial charge in [-0.05, 0) is 68.4 Å². The van der Waals surface area contributed by atoms with Gasteiger partial charge in [0.2, 0.25) is 11.9 Å². The van der Waals surface area contributed by atoms with Crippen molar-refractivity contribution in [1.82, 2.24) is 34.8 Å². The molecule has 2 aliphatic carbocycles. The van der Waals surface area contributed by atoms with Crippen LogP contribution in [0.15, 0.2) is 48.7 Å². The van der Waals surface area contributed by atoms with Crippen LogP contribution in [0.1, 0.15) is 37.3 Å². The first kappa shape index (κ1) is 23.1. The van der Waals surface area contributed by atoms with Gasteiger partial charge < -0.3 is 16.0 Å². The van der Waals surface area contributed by atoms with E-state index >= 15 is 0 Å². The number of nitrogens with one attached hydrogen (secondary N) is 1. The molecule has 10 heteroatoms. The molecule has 1 atom stereocenters. The normalized spacial score (nSPS) is 19.5. The minimum Gasteiger partial charge on any atom is -0.368 e. The summed E-state index contributed by atoms with van der Waals surface area (Å²) in [4.78, 5) is 14.2. The number of benzene rings is 1. The highest BCUT2D eigenvalue weighted by Gasteiger charge is 2.34. The first-order valence-corrected chi connectivity index (χ1v) is 13.5. The van der Waals surface area contributed by atoms with E-state index in [0.717, 1.165) is 73.3 Å². The van der Waals surface area contributed by atoms with Crippen LogP contribution in [0.5, 0.6) is 0 Å². The molecule has 38 heavy (non-hydrogen) atoms. The number of hydrogen-bond acceptors (Lipinski definition) is 9. The smallest absolute Gasteiger partial charge is 0.248 e. The molecule has 0 radical (unpaired) electrons. The Hall–Kier alpha value is -4.05. The molecule has 3 aliphatic rings. The molecule has 4 aromatic rings. The van der Waals surface area contributed by atoms with E-state index in [1.54, 1.807) is 0 Å². The number of nitrogens with two attached hydrogens (primary N) is 1. The maximum Gasteiger partial charge on any atom is 0.248 e. The zero-order valence-electron chi connectivity index (χ0n) is 21.6. The van der Waals surface area contributed by atoms with Gasteiger partial charge in [0.25, 0.3) is 0 Å². The van der Waals surface area contributed by atoms with E-state index in [4.69, 9.17) is 10.7 Å². The SMILES string of the molecule is CC1CN(C2CC2)CCN1c1ccc(Nc2nc(N)n(-c3cc4c(nn3)-c3ccccc3CCC4)n2)cn1. The number of pyridine rings is 1. The predicted molar refractivity (Wildman–Crippen MR) is 148 cm³/mol. The molecule has 4 heterocycles. The Labute approximate surface area is 221 Å². The van der Waals surface area contributed by atoms with Crippen molar-refractivity contribution in [3.05, 3.63) is 59.8 Å². The summed E-state index contributed by atoms with van der Waals surface area (Å²) in [5, 5.41) is 16.8. The van der Waals surface area contributed by atoms with Gasteiger partial charge in [0.05, 0.1) is 17.6 Å². The van der Waals surface area contributed by atoms with Crippen LogP contribution < -0.4 is 16.0 Å². The molecular formula is C28H32N10. The van der Waals surface area contributed by atoms with Crippen LogP contribution in [0.25, 0.3) is 17.1 Å². The molecule has 2 fully saturated rings. The van der Waals surface area contributed by atoms with E-state index in [1.165, 1.54) is 23.1 Å². The summed E-state index contributed by atoms with van der Waals surface area (Å²) < 4.78 is 1.54. The van der Waals surface area contributed by atoms with Crippen LogP contribution in [0.4, 0.5) is 23.4 Å². The molecule has 0 bridgehead atoms. The third kappa shape index (κ3) is 4.34. The van der Waals surface area contributed by atoms with Gasteiger partial charge in [-0.15, -0.1) is 15.3 Å². The van der Waals surface area contributed by atoms with Crippen molar-refractivity contribution in [2.24, 2.45) is 0 Å². The number of nitrogen functional groups attached to an aromatic ring is 1. The zero-order chi connectivity index (χ0) is 25.6. The molecule has 1 unspecified atom stereocenters. The molecule has 0 spiro atoms. The van der Waals surface area contributed by atoms with Gasteiger partial charge in [0.15, 0.2) is 5.82 Å². The largest absolute Gasteiger partial charge is 0.368 e. The molecule has 1 aliphatic heterocycles. The second-order valence-corrected chi connectivity index (χ2v) is 10.6. The highest BCUT2D eigenvalue weighted by atomic mass is 15.5. The number of anilines is 4. The minimum atomic E-state index is 0.253. The Balaban J connectivity index is 1.07. The van der Waals surface area contributed by atoms with Gasteiger partial charge in [-0.3, -0.25) is 4.90 Å². The van der Waals surface area contributed by atoms with Gasteiger partial charge in [0, 0.05) is 37.3 Å². The van der Waals surface area contributed by atoms with E-state index in [1.807, 2.05) is 24.4 Å². The minimum absolute atomic E-state index is 0.253. The van der Waals surface area contributed by atoms with E-state index < -0.39 is 0 Å². The second kappa shape index (κ2) is 9.36. The van der Waals surface area contributed by atoms with E-state index in [2.05, 4.69) is 66.6 Å². The van der Waals surface area contributed by atoms with E-state index in [9.17, 15) is 0 Å². The summed E-state index contributed by atoms with van der Waals surface area (Å²) in [7, 11) is 0. The van der Waals surface area contributed by atoms with Gasteiger partial charge in [-0.25, -0.2) is 4.98 Å². The summed E-state index contributed by atoms with van der Waals surface area (Å²) in [5.74, 6) is 2.21. The summed E-state index contributed by atoms with van der Waals surface area (Å²) in [6.45, 7) is 5.50. The average Bonchev–Trinajstić information content (AvgIpc) is 3.74. The van der Waals surface area contributed by atoms with Crippen molar-refractivity contribution in [3.63, 3.8) is 0 Å². The number of aryl methyl sites for hydroxylation is 2. The number of hydrogen-bond donors (Lipinski definition) is 2. The fourth-order valence-corrected chi connectivity index (χ4v) is 5.78. The van der Waals surface area contributed by atoms with Gasteiger partial charge in [-0.2, -0.15) is 9.67 Å². The predicted octanol–water partition coefficient (Wildman–Crippen LogP) is 3.61. The highest BCUT2D eigenvalue weighted by Crippen LogP contribution is 2.32. The lowest BCUT2D eigenvalue weighted by atomic mass is 10.0. The quantitative estimate of drug-likeness (QED) is 0.417. The Morgan fingerprint density at radius 2 is 1.84 bits per heavy atom. The standard InChI is InChI=1S/C28H32N10/c1-18-17-36(22-10-11-22)13-14-37(18)24-12-9-21(16-30-24)31-28-32-27(29)38(35-28)25-15-20-7-4-6-19-5-2-3-8-23(19)26(20)34-33-25/h2-3,5,8-9,12,15-16,18,22H,4,6-7,10-11,13-14,17H2,1H3,(H3,29,31,32,35). The van der Waals surface area contributed by atoms with Crippen molar-refractivity contribution in [2.45, 2.75) is 51.1 Å². The number of fused-ring (bicyclic) bond motifs is 3. The van der Waals surface area contributed by atoms with Crippen molar-refractivity contribution >= 4 is 23.4 Å². The molecule has 3 N–H and O–H groups in total. The molecule has 3 aromatic heterocycles. The van der Waals surface area contributed by atoms with Crippen LogP contribution in [-0.4, -0.2) is 66.6 Å². The maximum atomic E-state index is 6.24. The monoisotopic (exact) mass is 508 g/mol. The van der Waals surface area contributed by atoms with Crippen LogP contribution >= 0.6 is 0 Å². The van der Waals surface area contributed by atoms with Gasteiger partial charge in [0.1, 0.15) is 5.82 Å². The number of rotatable bonds is 5. The van der Waals surface area contributed by atoms with Crippen LogP contribution in [-0.2, 0) is 12.8 Å². The van der Waals surface area contributed by atoms with Crippen molar-refractivity contribution < 1.29 is 0 Å². The molecule has 10 nitrogen and oxygen atoms in total. The first-order chi connectivity index (χ1) is 18.6. The molecule has 1 aromatic carbocycles. The molecular weight excluding hydrogens is 476 g/mol. The molecule has 1 saturated carbocycles. The summed E-state index contributed by atoms with van der Waals surface area (Å²) >= 11 is 0. The molecule has 194 valence electrons. The van der Waals surface area contributed by atoms with Crippen LogP contribution in [0.2, 0.25) is 0 Å². The summed E-state index contributed by atoms with van der Waals surface area (Å²) in [6, 6.07) is 15.8. The lowest BCUT2D eigenvalue weighted by Crippen LogP contribution is -2.52. The fourth-order valence-electron chi connectivity index (χ4n) is 5.78.